The Hall–Kier alpha value is -0.760. The third-order valence-electron chi connectivity index (χ3n) is 3.14. The van der Waals surface area contributed by atoms with Gasteiger partial charge in [-0.05, 0) is 40.2 Å². The Bertz CT molecular complexity index is 393. The number of alkyl halides is 1. The molecule has 0 amide bonds. The number of rotatable bonds is 4. The Labute approximate surface area is 103 Å². The second-order valence-corrected chi connectivity index (χ2v) is 5.05. The average Bonchev–Trinajstić information content (AvgIpc) is 2.52. The average molecular weight is 242 g/mol. The first-order chi connectivity index (χ1) is 7.40. The second-order valence-electron chi connectivity index (χ2n) is 4.39. The number of ketones is 1. The molecule has 1 heterocycles. The highest BCUT2D eigenvalue weighted by atomic mass is 35.5. The molecule has 0 aliphatic heterocycles. The van der Waals surface area contributed by atoms with Gasteiger partial charge in [0.2, 0.25) is 0 Å². The van der Waals surface area contributed by atoms with E-state index < -0.39 is 5.38 Å². The summed E-state index contributed by atoms with van der Waals surface area (Å²) in [6.45, 7) is 10.1. The molecule has 0 saturated carbocycles. The number of nitrogens with zero attached hydrogens (tertiary/aromatic N) is 1. The summed E-state index contributed by atoms with van der Waals surface area (Å²) in [5.41, 5.74) is 2.93. The van der Waals surface area contributed by atoms with E-state index in [2.05, 4.69) is 18.4 Å². The van der Waals surface area contributed by atoms with Crippen LogP contribution in [0.4, 0.5) is 0 Å². The first kappa shape index (κ1) is 13.3. The number of halogens is 1. The van der Waals surface area contributed by atoms with Crippen molar-refractivity contribution in [3.63, 3.8) is 0 Å². The molecular formula is C13H20ClNO. The number of aryl methyl sites for hydroxylation is 1. The predicted molar refractivity (Wildman–Crippen MR) is 68.6 cm³/mol. The summed E-state index contributed by atoms with van der Waals surface area (Å²) in [6.07, 6.45) is 1.06. The summed E-state index contributed by atoms with van der Waals surface area (Å²) in [4.78, 5) is 11.9. The van der Waals surface area contributed by atoms with Crippen molar-refractivity contribution in [2.75, 3.05) is 0 Å². The molecule has 16 heavy (non-hydrogen) atoms. The smallest absolute Gasteiger partial charge is 0.182 e. The van der Waals surface area contributed by atoms with Gasteiger partial charge in [-0.1, -0.05) is 6.92 Å². The molecule has 1 aromatic rings. The first-order valence-electron chi connectivity index (χ1n) is 5.76. The molecule has 3 heteroatoms. The maximum atomic E-state index is 11.9. The fraction of sp³-hybridized carbons (Fsp3) is 0.615. The van der Waals surface area contributed by atoms with Crippen LogP contribution in [0.3, 0.4) is 0 Å². The van der Waals surface area contributed by atoms with Crippen LogP contribution < -0.4 is 0 Å². The molecule has 0 aliphatic rings. The van der Waals surface area contributed by atoms with E-state index in [1.807, 2.05) is 19.9 Å². The van der Waals surface area contributed by atoms with Crippen molar-refractivity contribution in [3.05, 3.63) is 23.0 Å². The zero-order valence-electron chi connectivity index (χ0n) is 10.7. The van der Waals surface area contributed by atoms with Crippen molar-refractivity contribution < 1.29 is 4.79 Å². The van der Waals surface area contributed by atoms with E-state index in [0.29, 0.717) is 6.04 Å². The Kier molecular flexibility index (Phi) is 4.20. The zero-order chi connectivity index (χ0) is 12.5. The van der Waals surface area contributed by atoms with Gasteiger partial charge in [0.25, 0.3) is 0 Å². The Balaban J connectivity index is 3.21. The molecule has 0 N–H and O–H groups in total. The third-order valence-corrected chi connectivity index (χ3v) is 3.34. The molecule has 0 spiro atoms. The maximum Gasteiger partial charge on any atom is 0.182 e. The van der Waals surface area contributed by atoms with Gasteiger partial charge in [-0.25, -0.2) is 0 Å². The number of hydrogen-bond donors (Lipinski definition) is 0. The summed E-state index contributed by atoms with van der Waals surface area (Å²) in [6, 6.07) is 2.37. The monoisotopic (exact) mass is 241 g/mol. The van der Waals surface area contributed by atoms with Gasteiger partial charge in [0.05, 0.1) is 5.38 Å². The predicted octanol–water partition coefficient (Wildman–Crippen LogP) is 3.89. The van der Waals surface area contributed by atoms with Gasteiger partial charge >= 0.3 is 0 Å². The number of Topliss-reactive ketones (excluding diaryl/α,β-unsaturated/α-hetero) is 1. The zero-order valence-corrected chi connectivity index (χ0v) is 11.4. The molecule has 2 nitrogen and oxygen atoms in total. The van der Waals surface area contributed by atoms with Crippen LogP contribution in [0.5, 0.6) is 0 Å². The largest absolute Gasteiger partial charge is 0.346 e. The highest BCUT2D eigenvalue weighted by Gasteiger charge is 2.20. The molecule has 0 bridgehead atoms. The molecule has 0 aliphatic carbocycles. The van der Waals surface area contributed by atoms with Crippen LogP contribution in [-0.4, -0.2) is 15.7 Å². The fourth-order valence-corrected chi connectivity index (χ4v) is 2.22. The molecule has 2 atom stereocenters. The molecule has 2 unspecified atom stereocenters. The minimum atomic E-state index is -0.453. The molecule has 0 saturated heterocycles. The molecule has 0 radical (unpaired) electrons. The van der Waals surface area contributed by atoms with Crippen LogP contribution in [0.1, 0.15) is 55.0 Å². The lowest BCUT2D eigenvalue weighted by molar-refractivity contribution is 0.0991. The topological polar surface area (TPSA) is 22.0 Å². The van der Waals surface area contributed by atoms with Crippen molar-refractivity contribution in [1.82, 2.24) is 4.57 Å². The van der Waals surface area contributed by atoms with Crippen molar-refractivity contribution >= 4 is 17.4 Å². The van der Waals surface area contributed by atoms with Crippen LogP contribution >= 0.6 is 11.6 Å². The molecule has 0 aromatic carbocycles. The molecular weight excluding hydrogens is 222 g/mol. The first-order valence-corrected chi connectivity index (χ1v) is 6.20. The van der Waals surface area contributed by atoms with Gasteiger partial charge in [0.15, 0.2) is 5.78 Å². The van der Waals surface area contributed by atoms with E-state index in [-0.39, 0.29) is 5.78 Å². The maximum absolute atomic E-state index is 11.9. The number of carbonyl (C=O) groups excluding carboxylic acids is 1. The summed E-state index contributed by atoms with van der Waals surface area (Å²) >= 11 is 5.85. The van der Waals surface area contributed by atoms with Crippen molar-refractivity contribution in [2.24, 2.45) is 0 Å². The molecule has 90 valence electrons. The van der Waals surface area contributed by atoms with Crippen molar-refractivity contribution in [3.8, 4) is 0 Å². The van der Waals surface area contributed by atoms with E-state index >= 15 is 0 Å². The molecule has 0 fully saturated rings. The molecule has 1 rings (SSSR count). The lowest BCUT2D eigenvalue weighted by atomic mass is 10.1. The van der Waals surface area contributed by atoms with Crippen LogP contribution in [0.2, 0.25) is 0 Å². The highest BCUT2D eigenvalue weighted by Crippen LogP contribution is 2.23. The van der Waals surface area contributed by atoms with E-state index in [9.17, 15) is 4.79 Å². The Morgan fingerprint density at radius 2 is 2.00 bits per heavy atom. The van der Waals surface area contributed by atoms with Gasteiger partial charge in [0, 0.05) is 23.0 Å². The minimum Gasteiger partial charge on any atom is -0.346 e. The quantitative estimate of drug-likeness (QED) is 0.579. The number of aromatic nitrogens is 1. The van der Waals surface area contributed by atoms with Crippen LogP contribution in [-0.2, 0) is 0 Å². The summed E-state index contributed by atoms with van der Waals surface area (Å²) < 4.78 is 2.21. The second kappa shape index (κ2) is 5.05. The van der Waals surface area contributed by atoms with Crippen LogP contribution in [0.25, 0.3) is 0 Å². The minimum absolute atomic E-state index is 0.0179. The van der Waals surface area contributed by atoms with E-state index in [4.69, 9.17) is 11.6 Å². The SMILES string of the molecule is CCC(C)n1c(C)cc(C(=O)C(C)Cl)c1C. The standard InChI is InChI=1S/C13H20ClNO/c1-6-8(2)15-9(3)7-12(11(15)5)13(16)10(4)14/h7-8,10H,6H2,1-5H3. The Morgan fingerprint density at radius 3 is 2.44 bits per heavy atom. The molecule has 1 aromatic heterocycles. The van der Waals surface area contributed by atoms with E-state index in [1.165, 1.54) is 0 Å². The number of carbonyl (C=O) groups is 1. The van der Waals surface area contributed by atoms with Crippen molar-refractivity contribution in [1.29, 1.82) is 0 Å². The summed E-state index contributed by atoms with van der Waals surface area (Å²) in [7, 11) is 0. The third kappa shape index (κ3) is 2.32. The van der Waals surface area contributed by atoms with Gasteiger partial charge in [-0.2, -0.15) is 0 Å². The van der Waals surface area contributed by atoms with E-state index in [1.54, 1.807) is 6.92 Å². The number of hydrogen-bond acceptors (Lipinski definition) is 1. The lowest BCUT2D eigenvalue weighted by Crippen LogP contribution is -2.13. The van der Waals surface area contributed by atoms with Gasteiger partial charge in [0.1, 0.15) is 0 Å². The van der Waals surface area contributed by atoms with E-state index in [0.717, 1.165) is 23.4 Å². The van der Waals surface area contributed by atoms with Gasteiger partial charge < -0.3 is 4.57 Å². The van der Waals surface area contributed by atoms with Gasteiger partial charge in [-0.3, -0.25) is 4.79 Å². The summed E-state index contributed by atoms with van der Waals surface area (Å²) in [5.74, 6) is 0.0179. The normalized spacial score (nSPS) is 14.9. The fourth-order valence-electron chi connectivity index (χ4n) is 2.10. The summed E-state index contributed by atoms with van der Waals surface area (Å²) in [5, 5.41) is -0.453. The Morgan fingerprint density at radius 1 is 1.44 bits per heavy atom. The highest BCUT2D eigenvalue weighted by molar-refractivity contribution is 6.33. The van der Waals surface area contributed by atoms with Crippen LogP contribution in [0, 0.1) is 13.8 Å². The lowest BCUT2D eigenvalue weighted by Gasteiger charge is -2.16. The van der Waals surface area contributed by atoms with Crippen molar-refractivity contribution in [2.45, 2.75) is 52.5 Å². The van der Waals surface area contributed by atoms with Crippen LogP contribution in [0.15, 0.2) is 6.07 Å². The van der Waals surface area contributed by atoms with Gasteiger partial charge in [-0.15, -0.1) is 11.6 Å².